The van der Waals surface area contributed by atoms with Crippen molar-refractivity contribution in [2.75, 3.05) is 24.2 Å². The molecule has 0 bridgehead atoms. The van der Waals surface area contributed by atoms with E-state index < -0.39 is 0 Å². The van der Waals surface area contributed by atoms with Crippen LogP contribution < -0.4 is 15.8 Å². The van der Waals surface area contributed by atoms with E-state index in [4.69, 9.17) is 14.9 Å². The van der Waals surface area contributed by atoms with Crippen molar-refractivity contribution < 1.29 is 9.15 Å². The minimum absolute atomic E-state index is 0.0866. The quantitative estimate of drug-likeness (QED) is 0.380. The molecule has 0 aliphatic carbocycles. The van der Waals surface area contributed by atoms with Crippen LogP contribution in [0.5, 0.6) is 5.75 Å². The smallest absolute Gasteiger partial charge is 0.312 e. The van der Waals surface area contributed by atoms with Crippen molar-refractivity contribution in [2.24, 2.45) is 5.92 Å². The zero-order valence-corrected chi connectivity index (χ0v) is 17.2. The van der Waals surface area contributed by atoms with Crippen molar-refractivity contribution >= 4 is 22.6 Å². The Bertz CT molecular complexity index is 1120. The summed E-state index contributed by atoms with van der Waals surface area (Å²) in [5.41, 5.74) is 9.27. The largest absolute Gasteiger partial charge is 0.494 e. The van der Waals surface area contributed by atoms with Crippen LogP contribution in [0.4, 0.5) is 11.7 Å². The number of hydrogen-bond donors (Lipinski definition) is 3. The van der Waals surface area contributed by atoms with Crippen molar-refractivity contribution in [3.8, 4) is 17.1 Å². The van der Waals surface area contributed by atoms with Gasteiger partial charge in [0.1, 0.15) is 5.75 Å². The molecule has 4 rings (SSSR count). The molecule has 0 saturated heterocycles. The Morgan fingerprint density at radius 2 is 2.07 bits per heavy atom. The Morgan fingerprint density at radius 3 is 2.87 bits per heavy atom. The maximum atomic E-state index is 5.88. The summed E-state index contributed by atoms with van der Waals surface area (Å²) >= 11 is 0. The lowest BCUT2D eigenvalue weighted by Gasteiger charge is -2.07. The molecule has 4 aromatic rings. The monoisotopic (exact) mass is 406 g/mol. The minimum Gasteiger partial charge on any atom is -0.494 e. The van der Waals surface area contributed by atoms with Gasteiger partial charge in [0.05, 0.1) is 18.0 Å². The standard InChI is InChI=1S/C22H26N6O2/c1-14(2)7-10-29-17-3-4-18-15(11-17)12-20(26-18)19-13-16(5-8-25-19)24-9-6-21-27-28-22(23)30-21/h3-5,8,11-14,26H,6-7,9-10H2,1-2H3,(H2,23,28)(H,24,25). The Balaban J connectivity index is 1.43. The van der Waals surface area contributed by atoms with Crippen molar-refractivity contribution in [3.05, 3.63) is 48.5 Å². The van der Waals surface area contributed by atoms with E-state index in [1.807, 2.05) is 24.3 Å². The van der Waals surface area contributed by atoms with Crippen molar-refractivity contribution in [1.82, 2.24) is 20.2 Å². The number of rotatable bonds is 9. The molecule has 3 heterocycles. The maximum absolute atomic E-state index is 5.88. The molecule has 30 heavy (non-hydrogen) atoms. The van der Waals surface area contributed by atoms with Crippen LogP contribution in [0.25, 0.3) is 22.3 Å². The number of nitrogens with two attached hydrogens (primary N) is 1. The lowest BCUT2D eigenvalue weighted by atomic mass is 10.1. The molecule has 0 spiro atoms. The molecule has 0 radical (unpaired) electrons. The van der Waals surface area contributed by atoms with E-state index in [9.17, 15) is 0 Å². The van der Waals surface area contributed by atoms with Gasteiger partial charge in [-0.15, -0.1) is 5.10 Å². The van der Waals surface area contributed by atoms with Crippen LogP contribution in [0.2, 0.25) is 0 Å². The number of ether oxygens (including phenoxy) is 1. The van der Waals surface area contributed by atoms with Gasteiger partial charge in [-0.3, -0.25) is 4.98 Å². The van der Waals surface area contributed by atoms with Crippen molar-refractivity contribution in [1.29, 1.82) is 0 Å². The first-order valence-electron chi connectivity index (χ1n) is 10.1. The number of anilines is 2. The van der Waals surface area contributed by atoms with Gasteiger partial charge in [0.25, 0.3) is 0 Å². The zero-order chi connectivity index (χ0) is 20.9. The number of nitrogens with one attached hydrogen (secondary N) is 2. The third-order valence-corrected chi connectivity index (χ3v) is 4.74. The van der Waals surface area contributed by atoms with Crippen LogP contribution in [0.15, 0.2) is 47.0 Å². The average Bonchev–Trinajstić information content (AvgIpc) is 3.33. The highest BCUT2D eigenvalue weighted by Gasteiger charge is 2.08. The molecule has 0 amide bonds. The SMILES string of the molecule is CC(C)CCOc1ccc2[nH]c(-c3cc(NCCc4nnc(N)o4)ccn3)cc2c1. The number of nitrogen functional groups attached to an aromatic ring is 1. The summed E-state index contributed by atoms with van der Waals surface area (Å²) < 4.78 is 11.1. The summed E-state index contributed by atoms with van der Waals surface area (Å²) in [6.07, 6.45) is 3.42. The van der Waals surface area contributed by atoms with Crippen LogP contribution >= 0.6 is 0 Å². The maximum Gasteiger partial charge on any atom is 0.312 e. The summed E-state index contributed by atoms with van der Waals surface area (Å²) in [4.78, 5) is 7.94. The molecule has 0 aliphatic heterocycles. The molecule has 0 aliphatic rings. The Hall–Kier alpha value is -3.55. The second-order valence-corrected chi connectivity index (χ2v) is 7.60. The Labute approximate surface area is 174 Å². The second kappa shape index (κ2) is 8.86. The molecule has 8 nitrogen and oxygen atoms in total. The number of H-pyrrole nitrogens is 1. The number of pyridine rings is 1. The molecular weight excluding hydrogens is 380 g/mol. The third-order valence-electron chi connectivity index (χ3n) is 4.74. The molecular formula is C22H26N6O2. The fourth-order valence-electron chi connectivity index (χ4n) is 3.12. The molecule has 0 fully saturated rings. The summed E-state index contributed by atoms with van der Waals surface area (Å²) in [5.74, 6) is 2.03. The highest BCUT2D eigenvalue weighted by Crippen LogP contribution is 2.27. The van der Waals surface area contributed by atoms with Crippen molar-refractivity contribution in [3.63, 3.8) is 0 Å². The highest BCUT2D eigenvalue weighted by molar-refractivity contribution is 5.86. The predicted molar refractivity (Wildman–Crippen MR) is 117 cm³/mol. The van der Waals surface area contributed by atoms with E-state index in [1.54, 1.807) is 6.20 Å². The molecule has 4 N–H and O–H groups in total. The van der Waals surface area contributed by atoms with E-state index in [0.29, 0.717) is 24.8 Å². The average molecular weight is 406 g/mol. The first kappa shape index (κ1) is 19.8. The number of nitrogens with zero attached hydrogens (tertiary/aromatic N) is 3. The topological polar surface area (TPSA) is 115 Å². The fourth-order valence-corrected chi connectivity index (χ4v) is 3.12. The molecule has 1 aromatic carbocycles. The summed E-state index contributed by atoms with van der Waals surface area (Å²) in [5, 5.41) is 12.0. The highest BCUT2D eigenvalue weighted by atomic mass is 16.5. The molecule has 156 valence electrons. The number of aromatic nitrogens is 4. The molecule has 8 heteroatoms. The lowest BCUT2D eigenvalue weighted by Crippen LogP contribution is -2.05. The molecule has 0 saturated carbocycles. The van der Waals surface area contributed by atoms with Gasteiger partial charge in [0.15, 0.2) is 0 Å². The van der Waals surface area contributed by atoms with Gasteiger partial charge in [-0.25, -0.2) is 0 Å². The number of hydrogen-bond acceptors (Lipinski definition) is 7. The van der Waals surface area contributed by atoms with E-state index >= 15 is 0 Å². The number of benzene rings is 1. The van der Waals surface area contributed by atoms with E-state index in [1.165, 1.54) is 0 Å². The van der Waals surface area contributed by atoms with Gasteiger partial charge in [-0.2, -0.15) is 0 Å². The molecule has 0 unspecified atom stereocenters. The zero-order valence-electron chi connectivity index (χ0n) is 17.2. The lowest BCUT2D eigenvalue weighted by molar-refractivity contribution is 0.290. The Morgan fingerprint density at radius 1 is 1.17 bits per heavy atom. The van der Waals surface area contributed by atoms with Gasteiger partial charge < -0.3 is 25.2 Å². The van der Waals surface area contributed by atoms with Gasteiger partial charge >= 0.3 is 6.01 Å². The van der Waals surface area contributed by atoms with E-state index in [2.05, 4.69) is 51.5 Å². The van der Waals surface area contributed by atoms with Crippen LogP contribution in [0.1, 0.15) is 26.2 Å². The van der Waals surface area contributed by atoms with E-state index in [-0.39, 0.29) is 6.01 Å². The van der Waals surface area contributed by atoms with E-state index in [0.717, 1.165) is 46.8 Å². The summed E-state index contributed by atoms with van der Waals surface area (Å²) in [6, 6.07) is 12.2. The normalized spacial score (nSPS) is 11.3. The fraction of sp³-hybridized carbons (Fsp3) is 0.318. The number of fused-ring (bicyclic) bond motifs is 1. The van der Waals surface area contributed by atoms with Gasteiger partial charge in [-0.05, 0) is 48.7 Å². The predicted octanol–water partition coefficient (Wildman–Crippen LogP) is 4.27. The van der Waals surface area contributed by atoms with Crippen LogP contribution in [-0.4, -0.2) is 33.3 Å². The Kier molecular flexibility index (Phi) is 5.83. The van der Waals surface area contributed by atoms with Crippen LogP contribution in [-0.2, 0) is 6.42 Å². The van der Waals surface area contributed by atoms with Gasteiger partial charge in [0.2, 0.25) is 5.89 Å². The molecule has 0 atom stereocenters. The number of aromatic amines is 1. The van der Waals surface area contributed by atoms with Crippen LogP contribution in [0, 0.1) is 5.92 Å². The minimum atomic E-state index is 0.0866. The second-order valence-electron chi connectivity index (χ2n) is 7.60. The molecule has 3 aromatic heterocycles. The van der Waals surface area contributed by atoms with Gasteiger partial charge in [-0.1, -0.05) is 18.9 Å². The first-order valence-corrected chi connectivity index (χ1v) is 10.1. The third kappa shape index (κ3) is 4.89. The first-order chi connectivity index (χ1) is 14.6. The van der Waals surface area contributed by atoms with Gasteiger partial charge in [0, 0.05) is 35.8 Å². The van der Waals surface area contributed by atoms with Crippen molar-refractivity contribution in [2.45, 2.75) is 26.7 Å². The van der Waals surface area contributed by atoms with Crippen LogP contribution in [0.3, 0.4) is 0 Å². The summed E-state index contributed by atoms with van der Waals surface area (Å²) in [7, 11) is 0. The summed E-state index contributed by atoms with van der Waals surface area (Å²) in [6.45, 7) is 5.77.